The fourth-order valence-corrected chi connectivity index (χ4v) is 3.66. The van der Waals surface area contributed by atoms with Crippen molar-refractivity contribution in [3.63, 3.8) is 0 Å². The SMILES string of the molecule is O=C(NCc1ccc(C(F)(F)F)cc1)c1ccc(-c2ccc3c(c2)OCO3)s1. The smallest absolute Gasteiger partial charge is 0.416 e. The van der Waals surface area contributed by atoms with E-state index in [1.165, 1.54) is 23.5 Å². The van der Waals surface area contributed by atoms with Crippen LogP contribution < -0.4 is 14.8 Å². The molecule has 28 heavy (non-hydrogen) atoms. The number of alkyl halides is 3. The molecule has 1 N–H and O–H groups in total. The molecule has 1 aliphatic rings. The highest BCUT2D eigenvalue weighted by atomic mass is 32.1. The first-order valence-electron chi connectivity index (χ1n) is 8.34. The molecule has 0 atom stereocenters. The number of carbonyl (C=O) groups excluding carboxylic acids is 1. The molecule has 144 valence electrons. The number of halogens is 3. The standard InChI is InChI=1S/C20H14F3NO3S/c21-20(22,23)14-4-1-12(2-5-14)10-24-19(25)18-8-7-17(28-18)13-3-6-15-16(9-13)27-11-26-15/h1-9H,10-11H2,(H,24,25). The van der Waals surface area contributed by atoms with Gasteiger partial charge in [-0.05, 0) is 53.6 Å². The van der Waals surface area contributed by atoms with Crippen LogP contribution >= 0.6 is 11.3 Å². The lowest BCUT2D eigenvalue weighted by molar-refractivity contribution is -0.137. The summed E-state index contributed by atoms with van der Waals surface area (Å²) in [6.07, 6.45) is -4.37. The van der Waals surface area contributed by atoms with Gasteiger partial charge in [-0.25, -0.2) is 0 Å². The number of carbonyl (C=O) groups is 1. The van der Waals surface area contributed by atoms with Gasteiger partial charge in [-0.2, -0.15) is 13.2 Å². The van der Waals surface area contributed by atoms with Gasteiger partial charge in [0.05, 0.1) is 10.4 Å². The van der Waals surface area contributed by atoms with Crippen LogP contribution in [0.25, 0.3) is 10.4 Å². The molecular formula is C20H14F3NO3S. The van der Waals surface area contributed by atoms with E-state index in [4.69, 9.17) is 9.47 Å². The van der Waals surface area contributed by atoms with Gasteiger partial charge >= 0.3 is 6.18 Å². The molecule has 2 heterocycles. The summed E-state index contributed by atoms with van der Waals surface area (Å²) in [5.41, 5.74) is 0.791. The molecule has 3 aromatic rings. The molecule has 0 bridgehead atoms. The molecule has 0 aliphatic carbocycles. The van der Waals surface area contributed by atoms with Gasteiger partial charge in [-0.1, -0.05) is 12.1 Å². The van der Waals surface area contributed by atoms with Gasteiger partial charge in [0.1, 0.15) is 0 Å². The second-order valence-electron chi connectivity index (χ2n) is 6.11. The molecule has 0 saturated carbocycles. The normalized spacial score (nSPS) is 12.8. The number of benzene rings is 2. The minimum absolute atomic E-state index is 0.147. The molecule has 4 rings (SSSR count). The number of hydrogen-bond acceptors (Lipinski definition) is 4. The van der Waals surface area contributed by atoms with E-state index in [0.717, 1.165) is 22.6 Å². The summed E-state index contributed by atoms with van der Waals surface area (Å²) in [4.78, 5) is 13.8. The summed E-state index contributed by atoms with van der Waals surface area (Å²) in [6.45, 7) is 0.342. The van der Waals surface area contributed by atoms with Crippen LogP contribution in [-0.2, 0) is 12.7 Å². The van der Waals surface area contributed by atoms with Crippen LogP contribution in [0.15, 0.2) is 54.6 Å². The van der Waals surface area contributed by atoms with E-state index in [0.29, 0.717) is 21.9 Å². The van der Waals surface area contributed by atoms with Gasteiger partial charge in [-0.3, -0.25) is 4.79 Å². The summed E-state index contributed by atoms with van der Waals surface area (Å²) in [6, 6.07) is 13.9. The first kappa shape index (κ1) is 18.4. The van der Waals surface area contributed by atoms with Crippen molar-refractivity contribution in [3.8, 4) is 21.9 Å². The Morgan fingerprint density at radius 3 is 2.50 bits per heavy atom. The molecule has 0 radical (unpaired) electrons. The fraction of sp³-hybridized carbons (Fsp3) is 0.150. The van der Waals surface area contributed by atoms with Crippen molar-refractivity contribution in [2.24, 2.45) is 0 Å². The van der Waals surface area contributed by atoms with Gasteiger partial charge in [0.15, 0.2) is 11.5 Å². The van der Waals surface area contributed by atoms with Crippen LogP contribution in [-0.4, -0.2) is 12.7 Å². The molecule has 0 fully saturated rings. The zero-order valence-corrected chi connectivity index (χ0v) is 15.2. The molecule has 1 amide bonds. The molecule has 0 spiro atoms. The third-order valence-electron chi connectivity index (χ3n) is 4.22. The number of thiophene rings is 1. The third kappa shape index (κ3) is 3.82. The Morgan fingerprint density at radius 2 is 1.75 bits per heavy atom. The number of nitrogens with one attached hydrogen (secondary N) is 1. The lowest BCUT2D eigenvalue weighted by Gasteiger charge is -2.08. The maximum Gasteiger partial charge on any atom is 0.416 e. The molecular weight excluding hydrogens is 391 g/mol. The number of hydrogen-bond donors (Lipinski definition) is 1. The summed E-state index contributed by atoms with van der Waals surface area (Å²) in [7, 11) is 0. The molecule has 8 heteroatoms. The Labute approximate surface area is 162 Å². The maximum absolute atomic E-state index is 12.6. The highest BCUT2D eigenvalue weighted by Crippen LogP contribution is 2.38. The van der Waals surface area contributed by atoms with Gasteiger partial charge in [0.25, 0.3) is 5.91 Å². The van der Waals surface area contributed by atoms with E-state index in [2.05, 4.69) is 5.32 Å². The van der Waals surface area contributed by atoms with Gasteiger partial charge in [0.2, 0.25) is 6.79 Å². The predicted octanol–water partition coefficient (Wildman–Crippen LogP) is 5.09. The third-order valence-corrected chi connectivity index (χ3v) is 5.35. The molecule has 4 nitrogen and oxygen atoms in total. The Morgan fingerprint density at radius 1 is 1.00 bits per heavy atom. The molecule has 1 aromatic heterocycles. The second-order valence-corrected chi connectivity index (χ2v) is 7.19. The van der Waals surface area contributed by atoms with Gasteiger partial charge in [-0.15, -0.1) is 11.3 Å². The largest absolute Gasteiger partial charge is 0.454 e. The average Bonchev–Trinajstić information content (AvgIpc) is 3.34. The van der Waals surface area contributed by atoms with Crippen LogP contribution in [0.1, 0.15) is 20.8 Å². The first-order chi connectivity index (χ1) is 13.4. The Kier molecular flexibility index (Phi) is 4.72. The Balaban J connectivity index is 1.41. The monoisotopic (exact) mass is 405 g/mol. The van der Waals surface area contributed by atoms with Gasteiger partial charge < -0.3 is 14.8 Å². The number of rotatable bonds is 4. The predicted molar refractivity (Wildman–Crippen MR) is 98.5 cm³/mol. The van der Waals surface area contributed by atoms with Crippen molar-refractivity contribution < 1.29 is 27.4 Å². The van der Waals surface area contributed by atoms with E-state index in [1.54, 1.807) is 6.07 Å². The van der Waals surface area contributed by atoms with Crippen molar-refractivity contribution in [2.75, 3.05) is 6.79 Å². The fourth-order valence-electron chi connectivity index (χ4n) is 2.75. The maximum atomic E-state index is 12.6. The second kappa shape index (κ2) is 7.20. The topological polar surface area (TPSA) is 47.6 Å². The molecule has 2 aromatic carbocycles. The number of fused-ring (bicyclic) bond motifs is 1. The van der Waals surface area contributed by atoms with E-state index >= 15 is 0 Å². The van der Waals surface area contributed by atoms with Crippen molar-refractivity contribution in [2.45, 2.75) is 12.7 Å². The van der Waals surface area contributed by atoms with Crippen LogP contribution in [0, 0.1) is 0 Å². The first-order valence-corrected chi connectivity index (χ1v) is 9.16. The minimum atomic E-state index is -4.37. The average molecular weight is 405 g/mol. The lowest BCUT2D eigenvalue weighted by atomic mass is 10.1. The van der Waals surface area contributed by atoms with Crippen LogP contribution in [0.5, 0.6) is 11.5 Å². The molecule has 1 aliphatic heterocycles. The van der Waals surface area contributed by atoms with E-state index < -0.39 is 11.7 Å². The van der Waals surface area contributed by atoms with Crippen LogP contribution in [0.3, 0.4) is 0 Å². The van der Waals surface area contributed by atoms with E-state index in [-0.39, 0.29) is 19.2 Å². The van der Waals surface area contributed by atoms with Crippen LogP contribution in [0.2, 0.25) is 0 Å². The van der Waals surface area contributed by atoms with Crippen molar-refractivity contribution in [1.82, 2.24) is 5.32 Å². The summed E-state index contributed by atoms with van der Waals surface area (Å²) in [5.74, 6) is 1.07. The number of amides is 1. The zero-order valence-electron chi connectivity index (χ0n) is 14.4. The van der Waals surface area contributed by atoms with Crippen molar-refractivity contribution in [1.29, 1.82) is 0 Å². The Bertz CT molecular complexity index is 1010. The number of ether oxygens (including phenoxy) is 2. The summed E-state index contributed by atoms with van der Waals surface area (Å²) in [5, 5.41) is 2.73. The highest BCUT2D eigenvalue weighted by molar-refractivity contribution is 7.17. The zero-order chi connectivity index (χ0) is 19.7. The summed E-state index contributed by atoms with van der Waals surface area (Å²) >= 11 is 1.32. The minimum Gasteiger partial charge on any atom is -0.454 e. The van der Waals surface area contributed by atoms with Crippen molar-refractivity contribution >= 4 is 17.2 Å². The van der Waals surface area contributed by atoms with E-state index in [1.807, 2.05) is 24.3 Å². The van der Waals surface area contributed by atoms with E-state index in [9.17, 15) is 18.0 Å². The molecule has 0 saturated heterocycles. The highest BCUT2D eigenvalue weighted by Gasteiger charge is 2.29. The Hall–Kier alpha value is -3.00. The quantitative estimate of drug-likeness (QED) is 0.658. The summed E-state index contributed by atoms with van der Waals surface area (Å²) < 4.78 is 48.4. The van der Waals surface area contributed by atoms with Crippen molar-refractivity contribution in [3.05, 3.63) is 70.6 Å². The lowest BCUT2D eigenvalue weighted by Crippen LogP contribution is -2.21. The van der Waals surface area contributed by atoms with Crippen LogP contribution in [0.4, 0.5) is 13.2 Å². The molecule has 0 unspecified atom stereocenters. The van der Waals surface area contributed by atoms with Gasteiger partial charge in [0, 0.05) is 11.4 Å².